The summed E-state index contributed by atoms with van der Waals surface area (Å²) in [5, 5.41) is 0. The van der Waals surface area contributed by atoms with Gasteiger partial charge in [-0.3, -0.25) is 4.79 Å². The first-order chi connectivity index (χ1) is 9.90. The van der Waals surface area contributed by atoms with Gasteiger partial charge in [-0.2, -0.15) is 0 Å². The van der Waals surface area contributed by atoms with Crippen molar-refractivity contribution in [2.24, 2.45) is 17.1 Å². The molecule has 1 saturated carbocycles. The van der Waals surface area contributed by atoms with Crippen LogP contribution in [0.15, 0.2) is 0 Å². The van der Waals surface area contributed by atoms with E-state index in [1.54, 1.807) is 4.90 Å². The minimum atomic E-state index is -0.383. The van der Waals surface area contributed by atoms with Crippen LogP contribution in [-0.4, -0.2) is 47.9 Å². The number of nitrogens with zero attached hydrogens (tertiary/aromatic N) is 2. The molecule has 0 spiro atoms. The average Bonchev–Trinajstić information content (AvgIpc) is 2.45. The maximum atomic E-state index is 12.3. The molecule has 0 unspecified atom stereocenters. The summed E-state index contributed by atoms with van der Waals surface area (Å²) in [6, 6.07) is -0.383. The van der Waals surface area contributed by atoms with Crippen molar-refractivity contribution >= 4 is 11.9 Å². The third-order valence-corrected chi connectivity index (χ3v) is 5.38. The number of carbonyl (C=O) groups excluding carboxylic acids is 2. The summed E-state index contributed by atoms with van der Waals surface area (Å²) in [4.78, 5) is 26.9. The Morgan fingerprint density at radius 3 is 2.29 bits per heavy atom. The largest absolute Gasteiger partial charge is 0.351 e. The van der Waals surface area contributed by atoms with E-state index >= 15 is 0 Å². The summed E-state index contributed by atoms with van der Waals surface area (Å²) in [6.07, 6.45) is 6.82. The highest BCUT2D eigenvalue weighted by Crippen LogP contribution is 2.42. The molecular formula is C16H29N3O2. The molecule has 0 aromatic carbocycles. The Kier molecular flexibility index (Phi) is 5.12. The van der Waals surface area contributed by atoms with Gasteiger partial charge in [0.1, 0.15) is 0 Å². The summed E-state index contributed by atoms with van der Waals surface area (Å²) in [7, 11) is 0. The highest BCUT2D eigenvalue weighted by atomic mass is 16.2. The maximum absolute atomic E-state index is 12.3. The highest BCUT2D eigenvalue weighted by molar-refractivity contribution is 5.77. The Bertz CT molecular complexity index is 387. The quantitative estimate of drug-likeness (QED) is 0.867. The van der Waals surface area contributed by atoms with Crippen molar-refractivity contribution in [1.82, 2.24) is 9.80 Å². The monoisotopic (exact) mass is 295 g/mol. The number of hydrogen-bond acceptors (Lipinski definition) is 2. The van der Waals surface area contributed by atoms with Crippen LogP contribution in [-0.2, 0) is 4.79 Å². The van der Waals surface area contributed by atoms with Crippen LogP contribution in [0.5, 0.6) is 0 Å². The SMILES string of the molecule is CC1(C)CCCC[C@H]1CCC(=O)N1CCN(C(N)=O)CC1. The normalized spacial score (nSPS) is 25.7. The van der Waals surface area contributed by atoms with Crippen molar-refractivity contribution in [1.29, 1.82) is 0 Å². The molecule has 21 heavy (non-hydrogen) atoms. The van der Waals surface area contributed by atoms with Gasteiger partial charge in [0.05, 0.1) is 0 Å². The second-order valence-corrected chi connectivity index (χ2v) is 7.18. The van der Waals surface area contributed by atoms with E-state index in [0.29, 0.717) is 43.9 Å². The van der Waals surface area contributed by atoms with Gasteiger partial charge < -0.3 is 15.5 Å². The fraction of sp³-hybridized carbons (Fsp3) is 0.875. The Balaban J connectivity index is 1.76. The van der Waals surface area contributed by atoms with E-state index in [1.807, 2.05) is 4.90 Å². The van der Waals surface area contributed by atoms with Crippen LogP contribution >= 0.6 is 0 Å². The first kappa shape index (κ1) is 16.1. The lowest BCUT2D eigenvalue weighted by Crippen LogP contribution is -2.52. The van der Waals surface area contributed by atoms with Crippen molar-refractivity contribution in [3.05, 3.63) is 0 Å². The summed E-state index contributed by atoms with van der Waals surface area (Å²) in [6.45, 7) is 7.05. The topological polar surface area (TPSA) is 66.6 Å². The number of amides is 3. The number of piperazine rings is 1. The van der Waals surface area contributed by atoms with Gasteiger partial charge in [-0.15, -0.1) is 0 Å². The second kappa shape index (κ2) is 6.67. The van der Waals surface area contributed by atoms with Gasteiger partial charge in [-0.1, -0.05) is 26.7 Å². The van der Waals surface area contributed by atoms with E-state index < -0.39 is 0 Å². The minimum Gasteiger partial charge on any atom is -0.351 e. The van der Waals surface area contributed by atoms with Crippen molar-refractivity contribution in [3.8, 4) is 0 Å². The van der Waals surface area contributed by atoms with Crippen molar-refractivity contribution in [3.63, 3.8) is 0 Å². The van der Waals surface area contributed by atoms with E-state index in [-0.39, 0.29) is 11.9 Å². The molecule has 2 rings (SSSR count). The van der Waals surface area contributed by atoms with Crippen molar-refractivity contribution in [2.75, 3.05) is 26.2 Å². The zero-order valence-corrected chi connectivity index (χ0v) is 13.4. The summed E-state index contributed by atoms with van der Waals surface area (Å²) in [5.74, 6) is 0.905. The summed E-state index contributed by atoms with van der Waals surface area (Å²) in [5.41, 5.74) is 5.64. The molecule has 2 aliphatic rings. The van der Waals surface area contributed by atoms with Gasteiger partial charge in [0.2, 0.25) is 5.91 Å². The van der Waals surface area contributed by atoms with Gasteiger partial charge in [0, 0.05) is 32.6 Å². The predicted octanol–water partition coefficient (Wildman–Crippen LogP) is 2.21. The highest BCUT2D eigenvalue weighted by Gasteiger charge is 2.32. The van der Waals surface area contributed by atoms with Crippen molar-refractivity contribution in [2.45, 2.75) is 52.4 Å². The Morgan fingerprint density at radius 2 is 1.71 bits per heavy atom. The molecule has 5 heteroatoms. The fourth-order valence-corrected chi connectivity index (χ4v) is 3.73. The predicted molar refractivity (Wildman–Crippen MR) is 82.7 cm³/mol. The van der Waals surface area contributed by atoms with Crippen molar-refractivity contribution < 1.29 is 9.59 Å². The van der Waals surface area contributed by atoms with E-state index in [1.165, 1.54) is 25.7 Å². The first-order valence-electron chi connectivity index (χ1n) is 8.22. The molecule has 120 valence electrons. The number of urea groups is 1. The molecule has 0 aromatic rings. The van der Waals surface area contributed by atoms with Gasteiger partial charge in [-0.05, 0) is 30.6 Å². The van der Waals surface area contributed by atoms with Crippen LogP contribution < -0.4 is 5.73 Å². The van der Waals surface area contributed by atoms with Crippen LogP contribution in [0, 0.1) is 11.3 Å². The maximum Gasteiger partial charge on any atom is 0.314 e. The molecule has 0 radical (unpaired) electrons. The lowest BCUT2D eigenvalue weighted by atomic mass is 9.67. The Morgan fingerprint density at radius 1 is 1.10 bits per heavy atom. The molecule has 1 heterocycles. The average molecular weight is 295 g/mol. The summed E-state index contributed by atoms with van der Waals surface area (Å²) >= 11 is 0. The zero-order chi connectivity index (χ0) is 15.5. The van der Waals surface area contributed by atoms with E-state index in [9.17, 15) is 9.59 Å². The summed E-state index contributed by atoms with van der Waals surface area (Å²) < 4.78 is 0. The minimum absolute atomic E-state index is 0.237. The van der Waals surface area contributed by atoms with Crippen LogP contribution in [0.3, 0.4) is 0 Å². The molecule has 3 amide bonds. The third-order valence-electron chi connectivity index (χ3n) is 5.38. The lowest BCUT2D eigenvalue weighted by Gasteiger charge is -2.39. The van der Waals surface area contributed by atoms with Crippen LogP contribution in [0.1, 0.15) is 52.4 Å². The molecule has 1 aliphatic heterocycles. The van der Waals surface area contributed by atoms with Gasteiger partial charge >= 0.3 is 6.03 Å². The smallest absolute Gasteiger partial charge is 0.314 e. The molecule has 2 N–H and O–H groups in total. The van der Waals surface area contributed by atoms with E-state index in [2.05, 4.69) is 13.8 Å². The Labute approximate surface area is 127 Å². The molecule has 1 aliphatic carbocycles. The number of nitrogens with two attached hydrogens (primary N) is 1. The van der Waals surface area contributed by atoms with Gasteiger partial charge in [0.25, 0.3) is 0 Å². The molecular weight excluding hydrogens is 266 g/mol. The van der Waals surface area contributed by atoms with Crippen LogP contribution in [0.25, 0.3) is 0 Å². The molecule has 0 bridgehead atoms. The van der Waals surface area contributed by atoms with Gasteiger partial charge in [0.15, 0.2) is 0 Å². The number of carbonyl (C=O) groups is 2. The van der Waals surface area contributed by atoms with E-state index in [0.717, 1.165) is 6.42 Å². The number of rotatable bonds is 3. The first-order valence-corrected chi connectivity index (χ1v) is 8.22. The number of primary amides is 1. The molecule has 5 nitrogen and oxygen atoms in total. The van der Waals surface area contributed by atoms with E-state index in [4.69, 9.17) is 5.73 Å². The van der Waals surface area contributed by atoms with Crippen LogP contribution in [0.4, 0.5) is 4.79 Å². The fourth-order valence-electron chi connectivity index (χ4n) is 3.73. The zero-order valence-electron chi connectivity index (χ0n) is 13.4. The lowest BCUT2D eigenvalue weighted by molar-refractivity contribution is -0.133. The van der Waals surface area contributed by atoms with Crippen LogP contribution in [0.2, 0.25) is 0 Å². The molecule has 1 atom stereocenters. The molecule has 0 aromatic heterocycles. The number of hydrogen-bond donors (Lipinski definition) is 1. The molecule has 1 saturated heterocycles. The molecule has 2 fully saturated rings. The third kappa shape index (κ3) is 4.11. The second-order valence-electron chi connectivity index (χ2n) is 7.18. The van der Waals surface area contributed by atoms with Gasteiger partial charge in [-0.25, -0.2) is 4.79 Å². The standard InChI is InChI=1S/C16H29N3O2/c1-16(2)8-4-3-5-13(16)6-7-14(20)18-9-11-19(12-10-18)15(17)21/h13H,3-12H2,1-2H3,(H2,17,21)/t13-/m0/s1. The Hall–Kier alpha value is -1.26.